The number of aliphatic carboxylic acids is 2. The molecule has 3 aromatic heterocycles. The molecular formula is C27H27N8O7S4+. The number of oxime groups is 1. The molecule has 15 nitrogen and oxygen atoms in total. The summed E-state index contributed by atoms with van der Waals surface area (Å²) in [6.45, 7) is 3.08. The van der Waals surface area contributed by atoms with Crippen LogP contribution >= 0.6 is 46.4 Å². The number of nitrogens with two attached hydrogens (primary N) is 1. The number of nitrogens with one attached hydrogen (secondary N) is 1. The first kappa shape index (κ1) is 31.9. The average Bonchev–Trinajstić information content (AvgIpc) is 3.77. The van der Waals surface area contributed by atoms with Gasteiger partial charge in [0, 0.05) is 45.6 Å². The van der Waals surface area contributed by atoms with Gasteiger partial charge in [-0.2, -0.15) is 13.9 Å². The van der Waals surface area contributed by atoms with Gasteiger partial charge < -0.3 is 26.1 Å². The van der Waals surface area contributed by atoms with Crippen molar-refractivity contribution < 1.29 is 38.8 Å². The molecule has 1 fully saturated rings. The molecule has 240 valence electrons. The van der Waals surface area contributed by atoms with Gasteiger partial charge in [-0.25, -0.2) is 14.6 Å². The summed E-state index contributed by atoms with van der Waals surface area (Å²) < 4.78 is 6.82. The maximum atomic E-state index is 13.3. The van der Waals surface area contributed by atoms with Crippen LogP contribution in [0, 0.1) is 0 Å². The van der Waals surface area contributed by atoms with Crippen molar-refractivity contribution in [2.75, 3.05) is 11.5 Å². The highest BCUT2D eigenvalue weighted by Crippen LogP contribution is 2.45. The number of carboxylic acids is 2. The predicted molar refractivity (Wildman–Crippen MR) is 169 cm³/mol. The Balaban J connectivity index is 1.17. The quantitative estimate of drug-likeness (QED) is 0.0965. The first-order valence-corrected chi connectivity index (χ1v) is 17.4. The number of nitrogens with zero attached hydrogens (tertiary/aromatic N) is 6. The fraction of sp³-hybridized carbons (Fsp3) is 0.370. The minimum absolute atomic E-state index is 0.0256. The van der Waals surface area contributed by atoms with Crippen LogP contribution < -0.4 is 15.6 Å². The second-order valence-electron chi connectivity index (χ2n) is 10.9. The molecule has 5 N–H and O–H groups in total. The topological polar surface area (TPSA) is 214 Å². The summed E-state index contributed by atoms with van der Waals surface area (Å²) in [7, 11) is 0. The van der Waals surface area contributed by atoms with Crippen LogP contribution in [0.25, 0.3) is 0 Å². The summed E-state index contributed by atoms with van der Waals surface area (Å²) in [5, 5.41) is 27.0. The number of aryl methyl sites for hydroxylation is 1. The van der Waals surface area contributed by atoms with E-state index in [2.05, 4.69) is 30.5 Å². The van der Waals surface area contributed by atoms with E-state index in [1.165, 1.54) is 60.0 Å². The number of thioether (sulfide) groups is 2. The van der Waals surface area contributed by atoms with E-state index >= 15 is 0 Å². The smallest absolute Gasteiger partial charge is 0.353 e. The molecule has 5 heterocycles. The predicted octanol–water partition coefficient (Wildman–Crippen LogP) is 1.47. The van der Waals surface area contributed by atoms with E-state index in [0.717, 1.165) is 41.4 Å². The number of anilines is 1. The number of hydrogen-bond donors (Lipinski definition) is 4. The van der Waals surface area contributed by atoms with E-state index in [0.29, 0.717) is 15.8 Å². The summed E-state index contributed by atoms with van der Waals surface area (Å²) in [6, 6.07) is 3.10. The third-order valence-electron chi connectivity index (χ3n) is 7.39. The molecule has 0 saturated carbocycles. The van der Waals surface area contributed by atoms with Gasteiger partial charge in [0.15, 0.2) is 27.9 Å². The Bertz CT molecular complexity index is 1820. The van der Waals surface area contributed by atoms with Crippen LogP contribution in [0.4, 0.5) is 5.13 Å². The molecule has 0 aromatic carbocycles. The number of aromatic nitrogens is 4. The number of pyridine rings is 1. The Hall–Kier alpha value is -4.07. The minimum Gasteiger partial charge on any atom is -0.478 e. The van der Waals surface area contributed by atoms with Gasteiger partial charge >= 0.3 is 11.9 Å². The molecule has 3 aliphatic rings. The Labute approximate surface area is 278 Å². The summed E-state index contributed by atoms with van der Waals surface area (Å²) in [5.74, 6) is -4.11. The van der Waals surface area contributed by atoms with Crippen molar-refractivity contribution in [1.29, 1.82) is 0 Å². The van der Waals surface area contributed by atoms with Crippen LogP contribution in [-0.4, -0.2) is 81.7 Å². The first-order valence-electron chi connectivity index (χ1n) is 13.9. The Morgan fingerprint density at radius 2 is 2.09 bits per heavy atom. The highest BCUT2D eigenvalue weighted by Gasteiger charge is 2.55. The average molecular weight is 704 g/mol. The number of rotatable bonds is 11. The maximum absolute atomic E-state index is 13.3. The van der Waals surface area contributed by atoms with Crippen LogP contribution in [0.2, 0.25) is 0 Å². The molecule has 19 heteroatoms. The lowest BCUT2D eigenvalue weighted by molar-refractivity contribution is -0.695. The molecule has 0 radical (unpaired) electrons. The molecule has 2 atom stereocenters. The van der Waals surface area contributed by atoms with Crippen molar-refractivity contribution in [2.45, 2.75) is 61.0 Å². The second-order valence-corrected chi connectivity index (χ2v) is 15.0. The van der Waals surface area contributed by atoms with Gasteiger partial charge in [-0.05, 0) is 32.8 Å². The molecular weight excluding hydrogens is 677 g/mol. The summed E-state index contributed by atoms with van der Waals surface area (Å²) in [5.41, 5.74) is 6.75. The van der Waals surface area contributed by atoms with Crippen molar-refractivity contribution in [3.05, 3.63) is 57.1 Å². The van der Waals surface area contributed by atoms with Gasteiger partial charge in [0.05, 0.1) is 0 Å². The fourth-order valence-corrected chi connectivity index (χ4v) is 8.94. The number of nitrogen functional groups attached to an aromatic ring is 1. The zero-order chi connectivity index (χ0) is 32.7. The third kappa shape index (κ3) is 6.18. The lowest BCUT2D eigenvalue weighted by Crippen LogP contribution is -2.71. The monoisotopic (exact) mass is 703 g/mol. The van der Waals surface area contributed by atoms with Crippen LogP contribution in [-0.2, 0) is 43.4 Å². The molecule has 0 spiro atoms. The van der Waals surface area contributed by atoms with E-state index in [1.54, 1.807) is 0 Å². The molecule has 0 unspecified atom stereocenters. The minimum atomic E-state index is -1.79. The number of carbonyl (C=O) groups is 4. The lowest BCUT2D eigenvalue weighted by Gasteiger charge is -2.49. The molecule has 6 rings (SSSR count). The normalized spacial score (nSPS) is 19.4. The SMILES string of the molecule is CC(C)(O/N=C(\C(=O)N[C@@H]1C(=O)N2C(C(=O)O)=C(Sc3nc(C[n+]4cccc5c4CCC5)cs3)CS[C@H]12)c1nsc(N)n1)C(=O)O. The van der Waals surface area contributed by atoms with Gasteiger partial charge in [0.25, 0.3) is 11.8 Å². The Morgan fingerprint density at radius 3 is 2.80 bits per heavy atom. The molecule has 2 amide bonds. The van der Waals surface area contributed by atoms with E-state index in [4.69, 9.17) is 15.6 Å². The van der Waals surface area contributed by atoms with Crippen molar-refractivity contribution in [3.8, 4) is 0 Å². The van der Waals surface area contributed by atoms with Crippen molar-refractivity contribution in [3.63, 3.8) is 0 Å². The standard InChI is InChI=1S/C27H26N8O7S4/c1-27(2,24(40)41)42-32-16(19-31-25(28)46-33-19)20(36)30-17-21(37)35-18(23(38)39)15(11-43-22(17)35)45-26-29-13(10-44-26)9-34-8-4-6-12-5-3-7-14(12)34/h4,6,8,10,17,22H,3,5,7,9,11H2,1-2H3,(H4-,28,30,31,33,36,38,39,40,41)/p+1/b32-16-/t17-,22-/m1/s1. The zero-order valence-electron chi connectivity index (χ0n) is 24.3. The molecule has 0 bridgehead atoms. The van der Waals surface area contributed by atoms with Gasteiger partial charge in [0.2, 0.25) is 17.1 Å². The second kappa shape index (κ2) is 12.6. The number of β-lactam (4-membered cyclic amide) rings is 1. The van der Waals surface area contributed by atoms with Crippen LogP contribution in [0.3, 0.4) is 0 Å². The summed E-state index contributed by atoms with van der Waals surface area (Å²) >= 11 is 4.70. The highest BCUT2D eigenvalue weighted by molar-refractivity contribution is 8.07. The van der Waals surface area contributed by atoms with E-state index in [9.17, 15) is 29.4 Å². The molecule has 2 aliphatic heterocycles. The molecule has 3 aromatic rings. The Morgan fingerprint density at radius 1 is 1.28 bits per heavy atom. The van der Waals surface area contributed by atoms with Crippen molar-refractivity contribution in [2.24, 2.45) is 5.16 Å². The number of carbonyl (C=O) groups excluding carboxylic acids is 2. The van der Waals surface area contributed by atoms with Gasteiger partial charge in [-0.1, -0.05) is 16.9 Å². The van der Waals surface area contributed by atoms with Gasteiger partial charge in [0.1, 0.15) is 22.8 Å². The van der Waals surface area contributed by atoms with E-state index < -0.39 is 46.5 Å². The first-order chi connectivity index (χ1) is 21.9. The van der Waals surface area contributed by atoms with Gasteiger partial charge in [-0.15, -0.1) is 23.1 Å². The Kier molecular flexibility index (Phi) is 8.75. The third-order valence-corrected chi connectivity index (χ3v) is 11.5. The number of hydrogen-bond acceptors (Lipinski definition) is 14. The lowest BCUT2D eigenvalue weighted by atomic mass is 10.0. The van der Waals surface area contributed by atoms with E-state index in [-0.39, 0.29) is 22.4 Å². The number of thiazole rings is 1. The number of amides is 2. The summed E-state index contributed by atoms with van der Waals surface area (Å²) in [6.07, 6.45) is 5.28. The van der Waals surface area contributed by atoms with Crippen LogP contribution in [0.5, 0.6) is 0 Å². The van der Waals surface area contributed by atoms with E-state index in [1.807, 2.05) is 17.6 Å². The van der Waals surface area contributed by atoms with Crippen LogP contribution in [0.1, 0.15) is 43.0 Å². The summed E-state index contributed by atoms with van der Waals surface area (Å²) in [4.78, 5) is 65.8. The number of fused-ring (bicyclic) bond motifs is 2. The molecule has 1 aliphatic carbocycles. The highest BCUT2D eigenvalue weighted by atomic mass is 32.2. The molecule has 1 saturated heterocycles. The maximum Gasteiger partial charge on any atom is 0.353 e. The van der Waals surface area contributed by atoms with Crippen LogP contribution in [0.15, 0.2) is 43.8 Å². The number of carboxylic acid groups (broad SMARTS) is 2. The fourth-order valence-electron chi connectivity index (χ4n) is 5.04. The largest absolute Gasteiger partial charge is 0.478 e. The van der Waals surface area contributed by atoms with Crippen molar-refractivity contribution >= 4 is 81.0 Å². The van der Waals surface area contributed by atoms with Crippen molar-refractivity contribution in [1.82, 2.24) is 24.6 Å². The molecule has 46 heavy (non-hydrogen) atoms. The zero-order valence-corrected chi connectivity index (χ0v) is 27.6. The van der Waals surface area contributed by atoms with Gasteiger partial charge in [-0.3, -0.25) is 14.5 Å².